The number of nitrogens with zero attached hydrogens (tertiary/aromatic N) is 5. The molecule has 308 valence electrons. The lowest BCUT2D eigenvalue weighted by Gasteiger charge is -2.49. The van der Waals surface area contributed by atoms with E-state index in [0.717, 1.165) is 76.3 Å². The number of nitrogens with one attached hydrogen (secondary N) is 4. The zero-order valence-corrected chi connectivity index (χ0v) is 32.9. The Morgan fingerprint density at radius 1 is 0.793 bits per heavy atom. The maximum Gasteiger partial charge on any atom is 0.249 e. The van der Waals surface area contributed by atoms with Crippen molar-refractivity contribution in [2.24, 2.45) is 0 Å². The van der Waals surface area contributed by atoms with Crippen molar-refractivity contribution < 1.29 is 28.0 Å². The highest BCUT2D eigenvalue weighted by molar-refractivity contribution is 6.01. The lowest BCUT2D eigenvalue weighted by Crippen LogP contribution is -2.65. The van der Waals surface area contributed by atoms with Crippen LogP contribution < -0.4 is 31.1 Å². The van der Waals surface area contributed by atoms with Crippen LogP contribution in [-0.2, 0) is 19.2 Å². The second kappa shape index (κ2) is 17.4. The van der Waals surface area contributed by atoms with Crippen molar-refractivity contribution in [3.05, 3.63) is 60.3 Å². The van der Waals surface area contributed by atoms with Crippen molar-refractivity contribution in [1.29, 1.82) is 0 Å². The molecule has 3 aliphatic heterocycles. The summed E-state index contributed by atoms with van der Waals surface area (Å²) in [4.78, 5) is 65.4. The van der Waals surface area contributed by atoms with Crippen LogP contribution in [0.5, 0.6) is 0 Å². The third-order valence-electron chi connectivity index (χ3n) is 12.8. The zero-order valence-electron chi connectivity index (χ0n) is 32.9. The summed E-state index contributed by atoms with van der Waals surface area (Å²) in [6.07, 6.45) is 12.0. The summed E-state index contributed by atoms with van der Waals surface area (Å²) in [6.45, 7) is 3.09. The predicted octanol–water partition coefficient (Wildman–Crippen LogP) is 5.52. The predicted molar refractivity (Wildman–Crippen MR) is 217 cm³/mol. The molecule has 2 aromatic carbocycles. The molecule has 2 aliphatic carbocycles. The number of halogens is 2. The van der Waals surface area contributed by atoms with Crippen molar-refractivity contribution in [2.75, 3.05) is 53.2 Å². The molecule has 3 saturated heterocycles. The summed E-state index contributed by atoms with van der Waals surface area (Å²) in [7, 11) is 0. The van der Waals surface area contributed by atoms with Gasteiger partial charge in [0, 0.05) is 74.6 Å². The van der Waals surface area contributed by atoms with Gasteiger partial charge in [-0.15, -0.1) is 0 Å². The van der Waals surface area contributed by atoms with Gasteiger partial charge >= 0.3 is 0 Å². The van der Waals surface area contributed by atoms with Crippen LogP contribution in [0.15, 0.2) is 48.7 Å². The summed E-state index contributed by atoms with van der Waals surface area (Å²) >= 11 is 0. The SMILES string of the molecule is O=C1CC[C@@H](Nc2ccc(N3CCN(C4(C(=O)NC5CCC(Nc6ncc(F)c(-c7cccc(N8CCCCC8=O)c7)n6)CC5)CCCCC4)CC3)c(F)c2)C(=O)N1. The van der Waals surface area contributed by atoms with Crippen molar-refractivity contribution in [1.82, 2.24) is 25.5 Å². The molecule has 5 fully saturated rings. The minimum Gasteiger partial charge on any atom is -0.374 e. The maximum absolute atomic E-state index is 15.4. The Hall–Kier alpha value is -5.18. The van der Waals surface area contributed by atoms with E-state index in [1.54, 1.807) is 23.1 Å². The van der Waals surface area contributed by atoms with Gasteiger partial charge in [-0.05, 0) is 88.1 Å². The van der Waals surface area contributed by atoms with Gasteiger partial charge in [-0.2, -0.15) is 0 Å². The fourth-order valence-corrected chi connectivity index (χ4v) is 9.51. The number of piperidine rings is 2. The van der Waals surface area contributed by atoms with Gasteiger partial charge in [-0.1, -0.05) is 31.4 Å². The van der Waals surface area contributed by atoms with Gasteiger partial charge in [0.25, 0.3) is 0 Å². The highest BCUT2D eigenvalue weighted by Crippen LogP contribution is 2.37. The molecule has 15 heteroatoms. The summed E-state index contributed by atoms with van der Waals surface area (Å²) < 4.78 is 30.5. The summed E-state index contributed by atoms with van der Waals surface area (Å²) in [5, 5.41) is 12.2. The van der Waals surface area contributed by atoms with Crippen LogP contribution in [-0.4, -0.2) is 94.9 Å². The second-order valence-electron chi connectivity index (χ2n) is 16.5. The first kappa shape index (κ1) is 39.6. The number of carbonyl (C=O) groups excluding carboxylic acids is 4. The van der Waals surface area contributed by atoms with Gasteiger partial charge in [0.1, 0.15) is 23.1 Å². The molecule has 13 nitrogen and oxygen atoms in total. The van der Waals surface area contributed by atoms with E-state index in [0.29, 0.717) is 68.5 Å². The average molecular weight is 798 g/mol. The first-order valence-electron chi connectivity index (χ1n) is 21.1. The van der Waals surface area contributed by atoms with Gasteiger partial charge in [0.05, 0.1) is 11.9 Å². The summed E-state index contributed by atoms with van der Waals surface area (Å²) in [5.41, 5.74) is 1.90. The number of rotatable bonds is 10. The van der Waals surface area contributed by atoms with E-state index in [9.17, 15) is 19.2 Å². The maximum atomic E-state index is 15.4. The summed E-state index contributed by atoms with van der Waals surface area (Å²) in [6, 6.07) is 11.7. The minimum atomic E-state index is -0.593. The number of hydrogen-bond acceptors (Lipinski definition) is 10. The Kier molecular flexibility index (Phi) is 11.9. The van der Waals surface area contributed by atoms with E-state index in [4.69, 9.17) is 0 Å². The third kappa shape index (κ3) is 8.64. The Balaban J connectivity index is 0.847. The van der Waals surface area contributed by atoms with Gasteiger partial charge in [0.2, 0.25) is 29.6 Å². The molecule has 4 heterocycles. The number of anilines is 4. The number of imide groups is 1. The van der Waals surface area contributed by atoms with Crippen molar-refractivity contribution >= 4 is 46.6 Å². The van der Waals surface area contributed by atoms with E-state index >= 15 is 8.78 Å². The first-order chi connectivity index (χ1) is 28.1. The molecule has 0 spiro atoms. The Labute approximate surface area is 337 Å². The number of benzene rings is 2. The molecular weight excluding hydrogens is 745 g/mol. The molecule has 8 rings (SSSR count). The second-order valence-corrected chi connectivity index (χ2v) is 16.5. The van der Waals surface area contributed by atoms with E-state index < -0.39 is 23.3 Å². The van der Waals surface area contributed by atoms with Gasteiger partial charge in [-0.25, -0.2) is 18.7 Å². The van der Waals surface area contributed by atoms with Crippen LogP contribution in [0.2, 0.25) is 0 Å². The fourth-order valence-electron chi connectivity index (χ4n) is 9.51. The van der Waals surface area contributed by atoms with E-state index in [-0.39, 0.29) is 47.7 Å². The molecule has 4 amide bonds. The van der Waals surface area contributed by atoms with Gasteiger partial charge in [-0.3, -0.25) is 29.4 Å². The monoisotopic (exact) mass is 797 g/mol. The minimum absolute atomic E-state index is 0.0389. The number of piperazine rings is 1. The van der Waals surface area contributed by atoms with Crippen LogP contribution in [0.4, 0.5) is 31.8 Å². The highest BCUT2D eigenvalue weighted by atomic mass is 19.1. The van der Waals surface area contributed by atoms with Crippen LogP contribution in [0.1, 0.15) is 89.9 Å². The van der Waals surface area contributed by atoms with Crippen LogP contribution in [0.25, 0.3) is 11.3 Å². The number of hydrogen-bond donors (Lipinski definition) is 4. The molecule has 58 heavy (non-hydrogen) atoms. The molecule has 4 N–H and O–H groups in total. The van der Waals surface area contributed by atoms with Gasteiger partial charge < -0.3 is 25.8 Å². The normalized spacial score (nSPS) is 24.2. The Morgan fingerprint density at radius 2 is 1.57 bits per heavy atom. The topological polar surface area (TPSA) is 152 Å². The van der Waals surface area contributed by atoms with E-state index in [1.807, 2.05) is 23.1 Å². The Morgan fingerprint density at radius 3 is 2.31 bits per heavy atom. The number of amides is 4. The first-order valence-corrected chi connectivity index (χ1v) is 21.1. The van der Waals surface area contributed by atoms with Crippen LogP contribution in [0, 0.1) is 11.6 Å². The van der Waals surface area contributed by atoms with E-state index in [1.165, 1.54) is 12.3 Å². The third-order valence-corrected chi connectivity index (χ3v) is 12.8. The zero-order chi connectivity index (χ0) is 40.2. The molecule has 0 radical (unpaired) electrons. The van der Waals surface area contributed by atoms with Crippen LogP contribution >= 0.6 is 0 Å². The lowest BCUT2D eigenvalue weighted by molar-refractivity contribution is -0.138. The molecule has 1 atom stereocenters. The average Bonchev–Trinajstić information content (AvgIpc) is 3.24. The standard InChI is InChI=1S/C43H53F2N9O4/c44-33-26-31(47-35-15-17-37(55)50-40(35)57)14-16-36(33)52-21-23-53(24-22-52)43(18-3-1-4-19-43)41(58)48-29-10-12-30(13-11-29)49-42-46-27-34(45)39(51-42)28-7-6-8-32(25-28)54-20-5-2-9-38(54)56/h6-8,14,16,25-27,29-30,35,47H,1-5,9-13,15,17-24H2,(H,48,58)(H,46,49,51)(H,50,55,57)/t29?,30?,35-/m1/s1. The molecular formula is C43H53F2N9O4. The van der Waals surface area contributed by atoms with Crippen LogP contribution in [0.3, 0.4) is 0 Å². The Bertz CT molecular complexity index is 2010. The van der Waals surface area contributed by atoms with E-state index in [2.05, 4.69) is 36.1 Å². The fraction of sp³-hybridized carbons (Fsp3) is 0.535. The molecule has 2 saturated carbocycles. The molecule has 0 bridgehead atoms. The number of aromatic nitrogens is 2. The largest absolute Gasteiger partial charge is 0.374 e. The van der Waals surface area contributed by atoms with Crippen molar-refractivity contribution in [2.45, 2.75) is 114 Å². The molecule has 3 aromatic rings. The summed E-state index contributed by atoms with van der Waals surface area (Å²) in [5.74, 6) is -1.09. The van der Waals surface area contributed by atoms with Crippen molar-refractivity contribution in [3.63, 3.8) is 0 Å². The quantitative estimate of drug-likeness (QED) is 0.193. The number of carbonyl (C=O) groups is 4. The molecule has 1 aromatic heterocycles. The van der Waals surface area contributed by atoms with Gasteiger partial charge in [0.15, 0.2) is 5.82 Å². The molecule has 0 unspecified atom stereocenters. The highest BCUT2D eigenvalue weighted by Gasteiger charge is 2.46. The smallest absolute Gasteiger partial charge is 0.249 e. The lowest BCUT2D eigenvalue weighted by atomic mass is 9.78. The molecule has 5 aliphatic rings. The van der Waals surface area contributed by atoms with Crippen molar-refractivity contribution in [3.8, 4) is 11.3 Å².